The molecule has 0 radical (unpaired) electrons. The summed E-state index contributed by atoms with van der Waals surface area (Å²) in [5, 5.41) is 4.93. The van der Waals surface area contributed by atoms with Gasteiger partial charge < -0.3 is 16.4 Å². The summed E-state index contributed by atoms with van der Waals surface area (Å²) in [4.78, 5) is 22.7. The number of nitrogens with one attached hydrogen (secondary N) is 2. The summed E-state index contributed by atoms with van der Waals surface area (Å²) in [6.07, 6.45) is 1.76. The monoisotopic (exact) mass is 347 g/mol. The number of aryl methyl sites for hydroxylation is 1. The fourth-order valence-electron chi connectivity index (χ4n) is 2.28. The van der Waals surface area contributed by atoms with Gasteiger partial charge in [-0.3, -0.25) is 9.59 Å². The molecule has 23 heavy (non-hydrogen) atoms. The second-order valence-corrected chi connectivity index (χ2v) is 5.41. The van der Waals surface area contributed by atoms with E-state index >= 15 is 0 Å². The molecule has 1 aromatic carbocycles. The van der Waals surface area contributed by atoms with Gasteiger partial charge in [0.25, 0.3) is 5.92 Å². The Morgan fingerprint density at radius 1 is 1.39 bits per heavy atom. The number of amides is 2. The highest BCUT2D eigenvalue weighted by Gasteiger charge is 2.26. The number of fused-ring (bicyclic) bond motifs is 1. The van der Waals surface area contributed by atoms with E-state index in [-0.39, 0.29) is 24.7 Å². The summed E-state index contributed by atoms with van der Waals surface area (Å²) in [5.74, 6) is -3.49. The molecule has 0 aromatic heterocycles. The Kier molecular flexibility index (Phi) is 6.90. The van der Waals surface area contributed by atoms with Crippen molar-refractivity contribution in [2.75, 3.05) is 18.4 Å². The molecular weight excluding hydrogens is 328 g/mol. The molecule has 0 saturated heterocycles. The molecule has 0 saturated carbocycles. The molecule has 1 aliphatic rings. The van der Waals surface area contributed by atoms with Crippen LogP contribution in [0.15, 0.2) is 18.2 Å². The minimum absolute atomic E-state index is 0. The summed E-state index contributed by atoms with van der Waals surface area (Å²) >= 11 is 0. The van der Waals surface area contributed by atoms with Gasteiger partial charge in [-0.25, -0.2) is 8.78 Å². The summed E-state index contributed by atoms with van der Waals surface area (Å²) in [5.41, 5.74) is 7.70. The number of rotatable bonds is 7. The lowest BCUT2D eigenvalue weighted by atomic mass is 10.0. The van der Waals surface area contributed by atoms with Gasteiger partial charge >= 0.3 is 0 Å². The third-order valence-corrected chi connectivity index (χ3v) is 3.51. The summed E-state index contributed by atoms with van der Waals surface area (Å²) in [6.45, 7) is -1.51. The fraction of sp³-hybridized carbons (Fsp3) is 0.467. The Labute approximate surface area is 139 Å². The topological polar surface area (TPSA) is 84.2 Å². The maximum absolute atomic E-state index is 12.9. The second kappa shape index (κ2) is 8.21. The predicted octanol–water partition coefficient (Wildman–Crippen LogP) is 1.64. The largest absolute Gasteiger partial charge is 0.350 e. The molecule has 0 bridgehead atoms. The normalized spacial score (nSPS) is 13.1. The highest BCUT2D eigenvalue weighted by atomic mass is 35.5. The van der Waals surface area contributed by atoms with Crippen LogP contribution in [0.3, 0.4) is 0 Å². The van der Waals surface area contributed by atoms with Crippen molar-refractivity contribution in [2.24, 2.45) is 5.73 Å². The zero-order valence-corrected chi connectivity index (χ0v) is 13.3. The van der Waals surface area contributed by atoms with Crippen molar-refractivity contribution < 1.29 is 18.4 Å². The highest BCUT2D eigenvalue weighted by Crippen LogP contribution is 2.24. The summed E-state index contributed by atoms with van der Waals surface area (Å²) in [7, 11) is 0. The first-order chi connectivity index (χ1) is 10.4. The molecule has 2 rings (SSSR count). The molecule has 8 heteroatoms. The van der Waals surface area contributed by atoms with Crippen LogP contribution in [0.5, 0.6) is 0 Å². The van der Waals surface area contributed by atoms with Crippen molar-refractivity contribution in [3.63, 3.8) is 0 Å². The van der Waals surface area contributed by atoms with Gasteiger partial charge in [0, 0.05) is 12.1 Å². The van der Waals surface area contributed by atoms with E-state index < -0.39 is 24.9 Å². The molecule has 1 aromatic rings. The molecule has 1 aliphatic heterocycles. The SMILES string of the molecule is Cl.NCC(F)(F)CNC(=O)CCCc1ccc2c(c1)CC(=O)N2. The molecule has 2 amide bonds. The van der Waals surface area contributed by atoms with Gasteiger partial charge in [-0.15, -0.1) is 12.4 Å². The van der Waals surface area contributed by atoms with E-state index in [0.717, 1.165) is 16.8 Å². The number of benzene rings is 1. The van der Waals surface area contributed by atoms with Crippen molar-refractivity contribution >= 4 is 29.9 Å². The molecule has 1 heterocycles. The van der Waals surface area contributed by atoms with E-state index in [9.17, 15) is 18.4 Å². The van der Waals surface area contributed by atoms with Crippen LogP contribution in [0, 0.1) is 0 Å². The molecular formula is C15H20ClF2N3O2. The van der Waals surface area contributed by atoms with Crippen LogP contribution >= 0.6 is 12.4 Å². The first kappa shape index (κ1) is 19.3. The highest BCUT2D eigenvalue weighted by molar-refractivity contribution is 5.99. The number of hydrogen-bond donors (Lipinski definition) is 3. The lowest BCUT2D eigenvalue weighted by Crippen LogP contribution is -2.41. The minimum Gasteiger partial charge on any atom is -0.350 e. The molecule has 0 unspecified atom stereocenters. The average molecular weight is 348 g/mol. The number of halogens is 3. The van der Waals surface area contributed by atoms with Crippen molar-refractivity contribution in [3.05, 3.63) is 29.3 Å². The van der Waals surface area contributed by atoms with Gasteiger partial charge in [0.2, 0.25) is 11.8 Å². The Bertz CT molecular complexity index is 582. The average Bonchev–Trinajstić information content (AvgIpc) is 2.84. The number of hydrogen-bond acceptors (Lipinski definition) is 3. The number of alkyl halides is 2. The van der Waals surface area contributed by atoms with Crippen LogP contribution < -0.4 is 16.4 Å². The van der Waals surface area contributed by atoms with E-state index in [1.54, 1.807) is 0 Å². The first-order valence-electron chi connectivity index (χ1n) is 7.16. The van der Waals surface area contributed by atoms with E-state index in [4.69, 9.17) is 5.73 Å². The number of carbonyl (C=O) groups is 2. The van der Waals surface area contributed by atoms with Gasteiger partial charge in [0.05, 0.1) is 19.5 Å². The molecule has 0 fully saturated rings. The number of nitrogens with two attached hydrogens (primary N) is 1. The van der Waals surface area contributed by atoms with Crippen LogP contribution in [0.25, 0.3) is 0 Å². The first-order valence-corrected chi connectivity index (χ1v) is 7.16. The third-order valence-electron chi connectivity index (χ3n) is 3.51. The van der Waals surface area contributed by atoms with Crippen molar-refractivity contribution in [1.29, 1.82) is 0 Å². The Morgan fingerprint density at radius 2 is 2.13 bits per heavy atom. The Morgan fingerprint density at radius 3 is 2.83 bits per heavy atom. The van der Waals surface area contributed by atoms with E-state index in [2.05, 4.69) is 10.6 Å². The van der Waals surface area contributed by atoms with Gasteiger partial charge in [-0.05, 0) is 30.0 Å². The maximum Gasteiger partial charge on any atom is 0.277 e. The fourth-order valence-corrected chi connectivity index (χ4v) is 2.28. The lowest BCUT2D eigenvalue weighted by molar-refractivity contribution is -0.123. The van der Waals surface area contributed by atoms with Crippen molar-refractivity contribution in [3.8, 4) is 0 Å². The standard InChI is InChI=1S/C15H19F2N3O2.ClH/c16-15(17,8-18)9-19-13(21)3-1-2-10-4-5-12-11(6-10)7-14(22)20-12;/h4-6H,1-3,7-9,18H2,(H,19,21)(H,20,22);1H. The summed E-state index contributed by atoms with van der Waals surface area (Å²) < 4.78 is 25.8. The van der Waals surface area contributed by atoms with Gasteiger partial charge in [-0.2, -0.15) is 0 Å². The van der Waals surface area contributed by atoms with Crippen LogP contribution in [0.2, 0.25) is 0 Å². The van der Waals surface area contributed by atoms with Crippen LogP contribution in [-0.4, -0.2) is 30.8 Å². The van der Waals surface area contributed by atoms with Gasteiger partial charge in [0.1, 0.15) is 0 Å². The molecule has 0 atom stereocenters. The Hall–Kier alpha value is -1.73. The summed E-state index contributed by atoms with van der Waals surface area (Å²) in [6, 6.07) is 5.68. The minimum atomic E-state index is -3.06. The quantitative estimate of drug-likeness (QED) is 0.701. The number of anilines is 1. The van der Waals surface area contributed by atoms with Crippen molar-refractivity contribution in [1.82, 2.24) is 5.32 Å². The molecule has 128 valence electrons. The van der Waals surface area contributed by atoms with Crippen LogP contribution in [0.1, 0.15) is 24.0 Å². The van der Waals surface area contributed by atoms with Crippen LogP contribution in [0.4, 0.5) is 14.5 Å². The lowest BCUT2D eigenvalue weighted by Gasteiger charge is -2.14. The molecule has 0 aliphatic carbocycles. The second-order valence-electron chi connectivity index (χ2n) is 5.41. The van der Waals surface area contributed by atoms with Crippen LogP contribution in [-0.2, 0) is 22.4 Å². The molecule has 4 N–H and O–H groups in total. The third kappa shape index (κ3) is 5.76. The molecule has 0 spiro atoms. The van der Waals surface area contributed by atoms with E-state index in [1.165, 1.54) is 0 Å². The van der Waals surface area contributed by atoms with Crippen molar-refractivity contribution in [2.45, 2.75) is 31.6 Å². The van der Waals surface area contributed by atoms with Gasteiger partial charge in [-0.1, -0.05) is 12.1 Å². The zero-order valence-electron chi connectivity index (χ0n) is 12.5. The van der Waals surface area contributed by atoms with E-state index in [0.29, 0.717) is 19.3 Å². The zero-order chi connectivity index (χ0) is 16.2. The molecule has 5 nitrogen and oxygen atoms in total. The Balaban J connectivity index is 0.00000264. The maximum atomic E-state index is 12.9. The van der Waals surface area contributed by atoms with E-state index in [1.807, 2.05) is 18.2 Å². The number of carbonyl (C=O) groups excluding carboxylic acids is 2. The predicted molar refractivity (Wildman–Crippen MR) is 86.0 cm³/mol. The van der Waals surface area contributed by atoms with Gasteiger partial charge in [0.15, 0.2) is 0 Å². The smallest absolute Gasteiger partial charge is 0.277 e.